The first-order valence-electron chi connectivity index (χ1n) is 6.61. The molecule has 0 atom stereocenters. The Bertz CT molecular complexity index is 976. The number of pyridine rings is 1. The van der Waals surface area contributed by atoms with Crippen LogP contribution in [0.25, 0.3) is 22.6 Å². The molecule has 0 aliphatic heterocycles. The van der Waals surface area contributed by atoms with Gasteiger partial charge in [0.15, 0.2) is 5.76 Å². The smallest absolute Gasteiger partial charge is 0.259 e. The molecule has 0 bridgehead atoms. The van der Waals surface area contributed by atoms with Crippen LogP contribution in [0.4, 0.5) is 5.13 Å². The predicted molar refractivity (Wildman–Crippen MR) is 82.1 cm³/mol. The Morgan fingerprint density at radius 2 is 2.30 bits per heavy atom. The molecule has 23 heavy (non-hydrogen) atoms. The number of fused-ring (bicyclic) bond motifs is 1. The highest BCUT2D eigenvalue weighted by Crippen LogP contribution is 2.28. The van der Waals surface area contributed by atoms with Crippen LogP contribution in [0.3, 0.4) is 0 Å². The first kappa shape index (κ1) is 13.6. The first-order chi connectivity index (χ1) is 11.2. The van der Waals surface area contributed by atoms with E-state index in [1.807, 2.05) is 0 Å². The summed E-state index contributed by atoms with van der Waals surface area (Å²) >= 11 is 1.23. The van der Waals surface area contributed by atoms with Gasteiger partial charge in [-0.1, -0.05) is 16.5 Å². The summed E-state index contributed by atoms with van der Waals surface area (Å²) in [6, 6.07) is 5.14. The van der Waals surface area contributed by atoms with E-state index < -0.39 is 0 Å². The van der Waals surface area contributed by atoms with Gasteiger partial charge in [-0.3, -0.25) is 10.1 Å². The minimum atomic E-state index is -0.340. The van der Waals surface area contributed by atoms with Crippen LogP contribution in [-0.2, 0) is 0 Å². The maximum atomic E-state index is 12.6. The number of aryl methyl sites for hydroxylation is 1. The lowest BCUT2D eigenvalue weighted by Gasteiger charge is -2.05. The molecule has 0 aliphatic carbocycles. The van der Waals surface area contributed by atoms with Crippen molar-refractivity contribution in [3.05, 3.63) is 41.2 Å². The second-order valence-corrected chi connectivity index (χ2v) is 5.51. The summed E-state index contributed by atoms with van der Waals surface area (Å²) in [5.41, 5.74) is 3.27. The molecular formula is C14H9N5O3S. The number of hydrogen-bond acceptors (Lipinski definition) is 8. The monoisotopic (exact) mass is 327 g/mol. The van der Waals surface area contributed by atoms with Crippen LogP contribution < -0.4 is 5.32 Å². The molecule has 0 saturated carbocycles. The lowest BCUT2D eigenvalue weighted by Crippen LogP contribution is -2.13. The van der Waals surface area contributed by atoms with Crippen molar-refractivity contribution < 1.29 is 13.7 Å². The Kier molecular flexibility index (Phi) is 3.12. The maximum Gasteiger partial charge on any atom is 0.259 e. The number of nitrogens with one attached hydrogen (secondary N) is 1. The van der Waals surface area contributed by atoms with Crippen molar-refractivity contribution >= 4 is 33.5 Å². The van der Waals surface area contributed by atoms with Gasteiger partial charge in [-0.05, 0) is 25.1 Å². The first-order valence-corrected chi connectivity index (χ1v) is 7.49. The van der Waals surface area contributed by atoms with Crippen LogP contribution in [0, 0.1) is 6.92 Å². The standard InChI is InChI=1S/C14H9N5O3S/c1-7-11-8(12(20)17-14-18-15-6-23-14)5-9(10-3-2-4-21-10)16-13(11)22-19-7/h2-6H,1H3,(H,17,18,20). The van der Waals surface area contributed by atoms with E-state index in [0.717, 1.165) is 0 Å². The van der Waals surface area contributed by atoms with E-state index in [2.05, 4.69) is 25.7 Å². The van der Waals surface area contributed by atoms with Gasteiger partial charge in [-0.25, -0.2) is 4.98 Å². The summed E-state index contributed by atoms with van der Waals surface area (Å²) in [5.74, 6) is 0.194. The molecular weight excluding hydrogens is 318 g/mol. The summed E-state index contributed by atoms with van der Waals surface area (Å²) in [6.07, 6.45) is 1.54. The zero-order valence-electron chi connectivity index (χ0n) is 11.8. The zero-order chi connectivity index (χ0) is 15.8. The number of aromatic nitrogens is 4. The highest BCUT2D eigenvalue weighted by Gasteiger charge is 2.20. The number of hydrogen-bond donors (Lipinski definition) is 1. The van der Waals surface area contributed by atoms with E-state index in [1.54, 1.807) is 25.1 Å². The van der Waals surface area contributed by atoms with Crippen molar-refractivity contribution in [3.63, 3.8) is 0 Å². The topological polar surface area (TPSA) is 107 Å². The summed E-state index contributed by atoms with van der Waals surface area (Å²) in [7, 11) is 0. The molecule has 9 heteroatoms. The van der Waals surface area contributed by atoms with Crippen molar-refractivity contribution in [1.82, 2.24) is 20.3 Å². The van der Waals surface area contributed by atoms with Crippen molar-refractivity contribution in [3.8, 4) is 11.5 Å². The Labute approximate surface area is 133 Å². The number of amides is 1. The van der Waals surface area contributed by atoms with Gasteiger partial charge in [0.2, 0.25) is 5.13 Å². The van der Waals surface area contributed by atoms with Gasteiger partial charge < -0.3 is 8.94 Å². The molecule has 0 fully saturated rings. The lowest BCUT2D eigenvalue weighted by molar-refractivity contribution is 0.102. The van der Waals surface area contributed by atoms with Crippen LogP contribution in [-0.4, -0.2) is 26.2 Å². The number of nitrogens with zero attached hydrogens (tertiary/aromatic N) is 4. The van der Waals surface area contributed by atoms with Crippen LogP contribution in [0.5, 0.6) is 0 Å². The molecule has 4 heterocycles. The minimum Gasteiger partial charge on any atom is -0.463 e. The van der Waals surface area contributed by atoms with Crippen LogP contribution in [0.1, 0.15) is 16.1 Å². The van der Waals surface area contributed by atoms with Gasteiger partial charge in [-0.2, -0.15) is 0 Å². The lowest BCUT2D eigenvalue weighted by atomic mass is 10.1. The Morgan fingerprint density at radius 3 is 3.04 bits per heavy atom. The Hall–Kier alpha value is -3.07. The molecule has 8 nitrogen and oxygen atoms in total. The summed E-state index contributed by atoms with van der Waals surface area (Å²) in [4.78, 5) is 16.9. The number of anilines is 1. The molecule has 0 aromatic carbocycles. The zero-order valence-corrected chi connectivity index (χ0v) is 12.6. The van der Waals surface area contributed by atoms with Gasteiger partial charge in [0.05, 0.1) is 22.9 Å². The van der Waals surface area contributed by atoms with Crippen molar-refractivity contribution in [2.45, 2.75) is 6.92 Å². The fourth-order valence-electron chi connectivity index (χ4n) is 2.22. The van der Waals surface area contributed by atoms with Gasteiger partial charge in [0.25, 0.3) is 11.6 Å². The minimum absolute atomic E-state index is 0.277. The van der Waals surface area contributed by atoms with Crippen LogP contribution in [0.2, 0.25) is 0 Å². The molecule has 0 unspecified atom stereocenters. The maximum absolute atomic E-state index is 12.6. The fraction of sp³-hybridized carbons (Fsp3) is 0.0714. The van der Waals surface area contributed by atoms with Gasteiger partial charge in [0, 0.05) is 0 Å². The number of carbonyl (C=O) groups excluding carboxylic acids is 1. The highest BCUT2D eigenvalue weighted by molar-refractivity contribution is 7.13. The van der Waals surface area contributed by atoms with Gasteiger partial charge >= 0.3 is 0 Å². The molecule has 4 aromatic heterocycles. The largest absolute Gasteiger partial charge is 0.463 e. The van der Waals surface area contributed by atoms with Crippen molar-refractivity contribution in [2.75, 3.05) is 5.32 Å². The molecule has 4 rings (SSSR count). The third-order valence-electron chi connectivity index (χ3n) is 3.22. The average Bonchev–Trinajstić information content (AvgIpc) is 3.28. The van der Waals surface area contributed by atoms with E-state index in [0.29, 0.717) is 33.2 Å². The van der Waals surface area contributed by atoms with Gasteiger partial charge in [-0.15, -0.1) is 10.2 Å². The molecule has 0 spiro atoms. The molecule has 4 aromatic rings. The van der Waals surface area contributed by atoms with E-state index >= 15 is 0 Å². The summed E-state index contributed by atoms with van der Waals surface area (Å²) in [6.45, 7) is 1.75. The second kappa shape index (κ2) is 5.29. The normalized spacial score (nSPS) is 11.0. The molecule has 0 radical (unpaired) electrons. The average molecular weight is 327 g/mol. The summed E-state index contributed by atoms with van der Waals surface area (Å²) < 4.78 is 10.5. The van der Waals surface area contributed by atoms with Crippen molar-refractivity contribution in [1.29, 1.82) is 0 Å². The molecule has 0 aliphatic rings. The Balaban J connectivity index is 1.86. The van der Waals surface area contributed by atoms with Crippen LogP contribution >= 0.6 is 11.3 Å². The van der Waals surface area contributed by atoms with E-state index in [9.17, 15) is 4.79 Å². The van der Waals surface area contributed by atoms with E-state index in [4.69, 9.17) is 8.94 Å². The van der Waals surface area contributed by atoms with E-state index in [-0.39, 0.29) is 11.6 Å². The molecule has 1 amide bonds. The summed E-state index contributed by atoms with van der Waals surface area (Å²) in [5, 5.41) is 15.1. The third kappa shape index (κ3) is 2.36. The second-order valence-electron chi connectivity index (χ2n) is 4.68. The highest BCUT2D eigenvalue weighted by atomic mass is 32.1. The van der Waals surface area contributed by atoms with E-state index in [1.165, 1.54) is 23.1 Å². The quantitative estimate of drug-likeness (QED) is 0.616. The molecule has 1 N–H and O–H groups in total. The SMILES string of the molecule is Cc1noc2nc(-c3ccco3)cc(C(=O)Nc3nncs3)c12. The third-order valence-corrected chi connectivity index (χ3v) is 3.82. The van der Waals surface area contributed by atoms with Gasteiger partial charge in [0.1, 0.15) is 11.2 Å². The number of rotatable bonds is 3. The molecule has 114 valence electrons. The predicted octanol–water partition coefficient (Wildman–Crippen LogP) is 2.90. The fourth-order valence-corrected chi connectivity index (χ4v) is 2.66. The Morgan fingerprint density at radius 1 is 1.39 bits per heavy atom. The number of carbonyl (C=O) groups is 1. The van der Waals surface area contributed by atoms with Crippen LogP contribution in [0.15, 0.2) is 38.9 Å². The van der Waals surface area contributed by atoms with Crippen molar-refractivity contribution in [2.24, 2.45) is 0 Å². The molecule has 0 saturated heterocycles. The number of furan rings is 1.